The summed E-state index contributed by atoms with van der Waals surface area (Å²) in [7, 11) is 0. The quantitative estimate of drug-likeness (QED) is 0.841. The van der Waals surface area contributed by atoms with E-state index >= 15 is 0 Å². The molecule has 1 unspecified atom stereocenters. The maximum Gasteiger partial charge on any atom is 0.234 e. The molecule has 0 aromatic heterocycles. The summed E-state index contributed by atoms with van der Waals surface area (Å²) < 4.78 is 0. The molecule has 0 bridgehead atoms. The van der Waals surface area contributed by atoms with Crippen LogP contribution >= 0.6 is 0 Å². The summed E-state index contributed by atoms with van der Waals surface area (Å²) in [5, 5.41) is 13.2. The number of rotatable bonds is 2. The molecule has 1 aliphatic heterocycles. The van der Waals surface area contributed by atoms with Crippen LogP contribution in [-0.4, -0.2) is 11.0 Å². The molecule has 0 spiro atoms. The van der Waals surface area contributed by atoms with Crippen molar-refractivity contribution in [3.8, 4) is 0 Å². The Balaban J connectivity index is 1.96. The molecule has 1 saturated carbocycles. The molecule has 0 radical (unpaired) electrons. The molecule has 3 heteroatoms. The first-order valence-electron chi connectivity index (χ1n) is 6.64. The first-order valence-corrected chi connectivity index (χ1v) is 6.64. The van der Waals surface area contributed by atoms with E-state index in [1.165, 1.54) is 6.42 Å². The number of anilines is 1. The van der Waals surface area contributed by atoms with E-state index in [0.29, 0.717) is 5.92 Å². The van der Waals surface area contributed by atoms with Crippen molar-refractivity contribution in [3.05, 3.63) is 29.3 Å². The van der Waals surface area contributed by atoms with Gasteiger partial charge in [-0.25, -0.2) is 0 Å². The van der Waals surface area contributed by atoms with Gasteiger partial charge in [0, 0.05) is 5.69 Å². The fourth-order valence-corrected chi connectivity index (χ4v) is 2.80. The lowest BCUT2D eigenvalue weighted by Gasteiger charge is -2.31. The van der Waals surface area contributed by atoms with Gasteiger partial charge in [-0.05, 0) is 49.8 Å². The molecule has 1 fully saturated rings. The number of fused-ring (bicyclic) bond motifs is 1. The van der Waals surface area contributed by atoms with Crippen LogP contribution in [0.4, 0.5) is 5.69 Å². The van der Waals surface area contributed by atoms with E-state index in [0.717, 1.165) is 29.7 Å². The molecule has 2 aliphatic rings. The zero-order valence-corrected chi connectivity index (χ0v) is 10.9. The molecule has 1 atom stereocenters. The number of nitrogens with one attached hydrogen (secondary N) is 1. The van der Waals surface area contributed by atoms with Crippen molar-refractivity contribution in [2.24, 2.45) is 5.92 Å². The first-order chi connectivity index (χ1) is 8.50. The van der Waals surface area contributed by atoms with E-state index in [2.05, 4.69) is 5.32 Å². The number of carbonyl (C=O) groups excluding carboxylic acids is 1. The van der Waals surface area contributed by atoms with E-state index in [-0.39, 0.29) is 12.0 Å². The molecule has 1 aromatic rings. The van der Waals surface area contributed by atoms with Gasteiger partial charge in [-0.1, -0.05) is 18.6 Å². The highest BCUT2D eigenvalue weighted by molar-refractivity contribution is 6.05. The molecule has 18 heavy (non-hydrogen) atoms. The van der Waals surface area contributed by atoms with Gasteiger partial charge >= 0.3 is 0 Å². The van der Waals surface area contributed by atoms with Crippen molar-refractivity contribution in [1.29, 1.82) is 0 Å². The van der Waals surface area contributed by atoms with E-state index in [9.17, 15) is 9.90 Å². The van der Waals surface area contributed by atoms with Crippen LogP contribution in [0.3, 0.4) is 0 Å². The molecular weight excluding hydrogens is 226 g/mol. The minimum atomic E-state index is -0.495. The van der Waals surface area contributed by atoms with Gasteiger partial charge in [0.2, 0.25) is 5.91 Å². The Hall–Kier alpha value is -1.35. The molecular formula is C15H19NO2. The van der Waals surface area contributed by atoms with Crippen molar-refractivity contribution in [3.63, 3.8) is 0 Å². The van der Waals surface area contributed by atoms with Crippen molar-refractivity contribution in [1.82, 2.24) is 0 Å². The van der Waals surface area contributed by atoms with Crippen LogP contribution in [0.25, 0.3) is 0 Å². The zero-order chi connectivity index (χ0) is 12.9. The summed E-state index contributed by atoms with van der Waals surface area (Å²) in [6.45, 7) is 3.85. The second kappa shape index (κ2) is 3.82. The highest BCUT2D eigenvalue weighted by Crippen LogP contribution is 2.42. The lowest BCUT2D eigenvalue weighted by molar-refractivity contribution is -0.119. The van der Waals surface area contributed by atoms with Crippen LogP contribution in [0.1, 0.15) is 50.3 Å². The Morgan fingerprint density at radius 2 is 2.11 bits per heavy atom. The summed E-state index contributed by atoms with van der Waals surface area (Å²) in [6.07, 6.45) is 3.06. The Morgan fingerprint density at radius 3 is 2.72 bits per heavy atom. The van der Waals surface area contributed by atoms with Gasteiger partial charge in [-0.2, -0.15) is 0 Å². The van der Waals surface area contributed by atoms with Crippen LogP contribution in [0.15, 0.2) is 18.2 Å². The monoisotopic (exact) mass is 245 g/mol. The normalized spacial score (nSPS) is 23.2. The molecule has 1 aromatic carbocycles. The van der Waals surface area contributed by atoms with Crippen LogP contribution in [-0.2, 0) is 10.2 Å². The van der Waals surface area contributed by atoms with Gasteiger partial charge in [0.15, 0.2) is 0 Å². The largest absolute Gasteiger partial charge is 0.388 e. The van der Waals surface area contributed by atoms with Crippen LogP contribution in [0, 0.1) is 5.92 Å². The topological polar surface area (TPSA) is 49.3 Å². The van der Waals surface area contributed by atoms with E-state index in [1.54, 1.807) is 0 Å². The maximum absolute atomic E-state index is 11.9. The molecule has 1 aliphatic carbocycles. The third-order valence-electron chi connectivity index (χ3n) is 4.47. The second-order valence-corrected chi connectivity index (χ2v) is 6.02. The average molecular weight is 245 g/mol. The summed E-state index contributed by atoms with van der Waals surface area (Å²) in [5.74, 6) is 0.434. The van der Waals surface area contributed by atoms with Gasteiger partial charge in [0.25, 0.3) is 0 Å². The zero-order valence-electron chi connectivity index (χ0n) is 10.9. The standard InChI is InChI=1S/C15H19NO2/c1-15(2)11-8-10(13(17)9-4-3-5-9)6-7-12(11)16-14(15)18/h6-9,13,17H,3-5H2,1-2H3,(H,16,18). The SMILES string of the molecule is CC1(C)C(=O)Nc2ccc(C(O)C3CCC3)cc21. The van der Waals surface area contributed by atoms with Gasteiger partial charge < -0.3 is 10.4 Å². The van der Waals surface area contributed by atoms with Crippen molar-refractivity contribution in [2.45, 2.75) is 44.6 Å². The fourth-order valence-electron chi connectivity index (χ4n) is 2.80. The summed E-state index contributed by atoms with van der Waals surface area (Å²) in [6, 6.07) is 5.85. The lowest BCUT2D eigenvalue weighted by Crippen LogP contribution is -2.27. The minimum absolute atomic E-state index is 0.0350. The molecule has 3 rings (SSSR count). The fraction of sp³-hybridized carbons (Fsp3) is 0.533. The van der Waals surface area contributed by atoms with Crippen molar-refractivity contribution in [2.75, 3.05) is 5.32 Å². The highest BCUT2D eigenvalue weighted by Gasteiger charge is 2.39. The van der Waals surface area contributed by atoms with Gasteiger partial charge in [0.1, 0.15) is 0 Å². The molecule has 2 N–H and O–H groups in total. The Morgan fingerprint density at radius 1 is 1.39 bits per heavy atom. The number of benzene rings is 1. The van der Waals surface area contributed by atoms with Gasteiger partial charge in [-0.3, -0.25) is 4.79 Å². The second-order valence-electron chi connectivity index (χ2n) is 6.02. The van der Waals surface area contributed by atoms with Crippen LogP contribution in [0.2, 0.25) is 0 Å². The number of aliphatic hydroxyl groups excluding tert-OH is 1. The number of hydrogen-bond donors (Lipinski definition) is 2. The van der Waals surface area contributed by atoms with Crippen LogP contribution < -0.4 is 5.32 Å². The van der Waals surface area contributed by atoms with Gasteiger partial charge in [0.05, 0.1) is 11.5 Å². The van der Waals surface area contributed by atoms with E-state index < -0.39 is 5.41 Å². The highest BCUT2D eigenvalue weighted by atomic mass is 16.3. The maximum atomic E-state index is 11.9. The number of aliphatic hydroxyl groups is 1. The Bertz CT molecular complexity index is 503. The minimum Gasteiger partial charge on any atom is -0.388 e. The van der Waals surface area contributed by atoms with Crippen molar-refractivity contribution >= 4 is 11.6 Å². The van der Waals surface area contributed by atoms with E-state index in [4.69, 9.17) is 0 Å². The Kier molecular flexibility index (Phi) is 2.49. The van der Waals surface area contributed by atoms with Crippen molar-refractivity contribution < 1.29 is 9.90 Å². The molecule has 96 valence electrons. The summed E-state index contributed by atoms with van der Waals surface area (Å²) in [4.78, 5) is 11.9. The third kappa shape index (κ3) is 1.57. The third-order valence-corrected chi connectivity index (χ3v) is 4.47. The molecule has 1 amide bonds. The first kappa shape index (κ1) is 11.7. The molecule has 3 nitrogen and oxygen atoms in total. The predicted molar refractivity (Wildman–Crippen MR) is 70.4 cm³/mol. The lowest BCUT2D eigenvalue weighted by atomic mass is 9.77. The Labute approximate surface area is 107 Å². The average Bonchev–Trinajstić information content (AvgIpc) is 2.47. The molecule has 0 saturated heterocycles. The summed E-state index contributed by atoms with van der Waals surface area (Å²) in [5.41, 5.74) is 2.34. The van der Waals surface area contributed by atoms with E-state index in [1.807, 2.05) is 32.0 Å². The van der Waals surface area contributed by atoms with Gasteiger partial charge in [-0.15, -0.1) is 0 Å². The number of hydrogen-bond acceptors (Lipinski definition) is 2. The predicted octanol–water partition coefficient (Wildman–Crippen LogP) is 2.75. The van der Waals surface area contributed by atoms with Crippen LogP contribution in [0.5, 0.6) is 0 Å². The number of amides is 1. The summed E-state index contributed by atoms with van der Waals surface area (Å²) >= 11 is 0. The smallest absolute Gasteiger partial charge is 0.234 e. The molecule has 1 heterocycles. The number of carbonyl (C=O) groups is 1.